The predicted molar refractivity (Wildman–Crippen MR) is 102 cm³/mol. The summed E-state index contributed by atoms with van der Waals surface area (Å²) in [6, 6.07) is 14.7. The first kappa shape index (κ1) is 17.7. The van der Waals surface area contributed by atoms with Crippen LogP contribution in [0.25, 0.3) is 0 Å². The molecule has 0 aliphatic carbocycles. The van der Waals surface area contributed by atoms with Crippen molar-refractivity contribution >= 4 is 23.2 Å². The zero-order valence-electron chi connectivity index (χ0n) is 14.7. The second-order valence-electron chi connectivity index (χ2n) is 6.00. The average molecular weight is 365 g/mol. The molecule has 0 aliphatic rings. The first-order chi connectivity index (χ1) is 12.4. The van der Waals surface area contributed by atoms with Gasteiger partial charge in [0.25, 0.3) is 0 Å². The van der Waals surface area contributed by atoms with Crippen LogP contribution in [0.3, 0.4) is 0 Å². The van der Waals surface area contributed by atoms with E-state index in [0.717, 1.165) is 22.6 Å². The summed E-state index contributed by atoms with van der Waals surface area (Å²) in [7, 11) is 0. The van der Waals surface area contributed by atoms with Crippen molar-refractivity contribution in [2.45, 2.75) is 20.8 Å². The van der Waals surface area contributed by atoms with Gasteiger partial charge in [-0.3, -0.25) is 0 Å². The topological polar surface area (TPSA) is 70.8 Å². The van der Waals surface area contributed by atoms with Crippen molar-refractivity contribution in [3.05, 3.63) is 69.9 Å². The number of hydrogen-bond acceptors (Lipinski definition) is 5. The number of ether oxygens (including phenoxy) is 1. The molecule has 1 heterocycles. The van der Waals surface area contributed by atoms with E-state index in [1.165, 1.54) is 5.56 Å². The number of rotatable bonds is 4. The maximum atomic E-state index is 8.86. The van der Waals surface area contributed by atoms with E-state index in [-0.39, 0.29) is 5.15 Å². The molecule has 3 aromatic rings. The summed E-state index contributed by atoms with van der Waals surface area (Å²) in [6.45, 7) is 6.03. The molecule has 6 heteroatoms. The van der Waals surface area contributed by atoms with Crippen LogP contribution >= 0.6 is 11.6 Å². The molecule has 0 bridgehead atoms. The fraction of sp³-hybridized carbons (Fsp3) is 0.150. The molecule has 0 radical (unpaired) electrons. The summed E-state index contributed by atoms with van der Waals surface area (Å²) in [4.78, 5) is 8.55. The van der Waals surface area contributed by atoms with Crippen molar-refractivity contribution in [2.24, 2.45) is 0 Å². The van der Waals surface area contributed by atoms with Crippen molar-refractivity contribution in [2.75, 3.05) is 5.32 Å². The highest BCUT2D eigenvalue weighted by atomic mass is 35.5. The van der Waals surface area contributed by atoms with Gasteiger partial charge in [-0.2, -0.15) is 10.2 Å². The standard InChI is InChI=1S/C20H17ClN4O/c1-12-8-13(2)19(14(3)9-12)26-18-10-17(21)24-20(25-18)23-16-6-4-15(11-22)5-7-16/h4-10H,1-3H3,(H,23,24,25). The van der Waals surface area contributed by atoms with Crippen LogP contribution in [0.15, 0.2) is 42.5 Å². The van der Waals surface area contributed by atoms with Gasteiger partial charge in [0.05, 0.1) is 11.6 Å². The third kappa shape index (κ3) is 4.11. The number of halogens is 1. The molecule has 2 aromatic carbocycles. The fourth-order valence-corrected chi connectivity index (χ4v) is 2.87. The largest absolute Gasteiger partial charge is 0.438 e. The Kier molecular flexibility index (Phi) is 5.06. The van der Waals surface area contributed by atoms with Gasteiger partial charge < -0.3 is 10.1 Å². The lowest BCUT2D eigenvalue weighted by atomic mass is 10.1. The van der Waals surface area contributed by atoms with Crippen LogP contribution in [0.2, 0.25) is 5.15 Å². The smallest absolute Gasteiger partial charge is 0.231 e. The predicted octanol–water partition coefficient (Wildman–Crippen LogP) is 5.46. The Hall–Kier alpha value is -3.10. The first-order valence-corrected chi connectivity index (χ1v) is 8.40. The fourth-order valence-electron chi connectivity index (χ4n) is 2.69. The number of aromatic nitrogens is 2. The van der Waals surface area contributed by atoms with Crippen LogP contribution in [0, 0.1) is 32.1 Å². The summed E-state index contributed by atoms with van der Waals surface area (Å²) >= 11 is 6.12. The molecule has 3 rings (SSSR count). The summed E-state index contributed by atoms with van der Waals surface area (Å²) in [6.07, 6.45) is 0. The molecule has 0 fully saturated rings. The molecule has 0 atom stereocenters. The van der Waals surface area contributed by atoms with E-state index in [1.54, 1.807) is 30.3 Å². The molecular formula is C20H17ClN4O. The van der Waals surface area contributed by atoms with Crippen molar-refractivity contribution in [1.82, 2.24) is 9.97 Å². The highest BCUT2D eigenvalue weighted by Crippen LogP contribution is 2.30. The Morgan fingerprint density at radius 3 is 2.27 bits per heavy atom. The number of anilines is 2. The second kappa shape index (κ2) is 7.42. The molecule has 5 nitrogen and oxygen atoms in total. The minimum absolute atomic E-state index is 0.272. The number of aryl methyl sites for hydroxylation is 3. The van der Waals surface area contributed by atoms with Crippen molar-refractivity contribution in [3.63, 3.8) is 0 Å². The Morgan fingerprint density at radius 2 is 1.65 bits per heavy atom. The zero-order valence-corrected chi connectivity index (χ0v) is 15.4. The summed E-state index contributed by atoms with van der Waals surface area (Å²) < 4.78 is 5.97. The third-order valence-corrected chi connectivity index (χ3v) is 3.95. The maximum Gasteiger partial charge on any atom is 0.231 e. The SMILES string of the molecule is Cc1cc(C)c(Oc2cc(Cl)nc(Nc3ccc(C#N)cc3)n2)c(C)c1. The number of nitrogens with one attached hydrogen (secondary N) is 1. The molecule has 130 valence electrons. The van der Waals surface area contributed by atoms with Crippen LogP contribution in [-0.4, -0.2) is 9.97 Å². The van der Waals surface area contributed by atoms with Gasteiger partial charge in [0.1, 0.15) is 10.9 Å². The normalized spacial score (nSPS) is 10.3. The van der Waals surface area contributed by atoms with Crippen molar-refractivity contribution in [3.8, 4) is 17.7 Å². The summed E-state index contributed by atoms with van der Waals surface area (Å²) in [5, 5.41) is 12.2. The number of hydrogen-bond donors (Lipinski definition) is 1. The van der Waals surface area contributed by atoms with E-state index in [1.807, 2.05) is 20.8 Å². The van der Waals surface area contributed by atoms with E-state index < -0.39 is 0 Å². The highest BCUT2D eigenvalue weighted by Gasteiger charge is 2.10. The Balaban J connectivity index is 1.87. The molecule has 0 saturated heterocycles. The molecule has 26 heavy (non-hydrogen) atoms. The lowest BCUT2D eigenvalue weighted by Crippen LogP contribution is -2.00. The molecule has 1 N–H and O–H groups in total. The minimum Gasteiger partial charge on any atom is -0.438 e. The lowest BCUT2D eigenvalue weighted by molar-refractivity contribution is 0.455. The molecule has 0 spiro atoms. The van der Waals surface area contributed by atoms with Crippen LogP contribution < -0.4 is 10.1 Å². The zero-order chi connectivity index (χ0) is 18.7. The lowest BCUT2D eigenvalue weighted by Gasteiger charge is -2.13. The van der Waals surface area contributed by atoms with Gasteiger partial charge in [0.15, 0.2) is 0 Å². The first-order valence-electron chi connectivity index (χ1n) is 8.02. The van der Waals surface area contributed by atoms with Gasteiger partial charge in [-0.15, -0.1) is 0 Å². The number of benzene rings is 2. The van der Waals surface area contributed by atoms with Crippen LogP contribution in [0.4, 0.5) is 11.6 Å². The van der Waals surface area contributed by atoms with Crippen molar-refractivity contribution < 1.29 is 4.74 Å². The van der Waals surface area contributed by atoms with E-state index in [4.69, 9.17) is 21.6 Å². The number of nitrogens with zero attached hydrogens (tertiary/aromatic N) is 3. The van der Waals surface area contributed by atoms with E-state index >= 15 is 0 Å². The van der Waals surface area contributed by atoms with Crippen LogP contribution in [-0.2, 0) is 0 Å². The summed E-state index contributed by atoms with van der Waals surface area (Å²) in [5.74, 6) is 1.44. The van der Waals surface area contributed by atoms with Crippen LogP contribution in [0.1, 0.15) is 22.3 Å². The van der Waals surface area contributed by atoms with Gasteiger partial charge in [0, 0.05) is 11.8 Å². The van der Waals surface area contributed by atoms with Crippen LogP contribution in [0.5, 0.6) is 11.6 Å². The Bertz CT molecular complexity index is 971. The van der Waals surface area contributed by atoms with E-state index in [0.29, 0.717) is 17.4 Å². The third-order valence-electron chi connectivity index (χ3n) is 3.75. The van der Waals surface area contributed by atoms with Gasteiger partial charge in [-0.05, 0) is 56.2 Å². The van der Waals surface area contributed by atoms with Gasteiger partial charge in [0.2, 0.25) is 11.8 Å². The minimum atomic E-state index is 0.272. The quantitative estimate of drug-likeness (QED) is 0.622. The van der Waals surface area contributed by atoms with Gasteiger partial charge >= 0.3 is 0 Å². The second-order valence-corrected chi connectivity index (χ2v) is 6.38. The number of nitriles is 1. The van der Waals surface area contributed by atoms with Crippen molar-refractivity contribution in [1.29, 1.82) is 5.26 Å². The Labute approximate surface area is 157 Å². The molecule has 0 unspecified atom stereocenters. The van der Waals surface area contributed by atoms with E-state index in [9.17, 15) is 0 Å². The highest BCUT2D eigenvalue weighted by molar-refractivity contribution is 6.29. The summed E-state index contributed by atoms with van der Waals surface area (Å²) in [5.41, 5.74) is 4.56. The molecule has 0 amide bonds. The Morgan fingerprint density at radius 1 is 1.00 bits per heavy atom. The van der Waals surface area contributed by atoms with Gasteiger partial charge in [-0.25, -0.2) is 4.98 Å². The molecule has 0 saturated carbocycles. The molecule has 1 aromatic heterocycles. The van der Waals surface area contributed by atoms with Gasteiger partial charge in [-0.1, -0.05) is 29.3 Å². The monoisotopic (exact) mass is 364 g/mol. The molecule has 0 aliphatic heterocycles. The average Bonchev–Trinajstić information content (AvgIpc) is 2.58. The van der Waals surface area contributed by atoms with E-state index in [2.05, 4.69) is 33.5 Å². The molecular weight excluding hydrogens is 348 g/mol. The maximum absolute atomic E-state index is 8.86.